The molecule has 17 heavy (non-hydrogen) atoms. The fraction of sp³-hybridized carbons (Fsp3) is 0.800. The van der Waals surface area contributed by atoms with Crippen LogP contribution in [0.2, 0.25) is 0 Å². The molecule has 0 amide bonds. The first-order valence-corrected chi connectivity index (χ1v) is 6.99. The van der Waals surface area contributed by atoms with E-state index in [9.17, 15) is 4.79 Å². The molecular weight excluding hydrogens is 212 g/mol. The molecule has 0 heterocycles. The summed E-state index contributed by atoms with van der Waals surface area (Å²) in [5.74, 6) is 0.214. The third kappa shape index (κ3) is 8.96. The highest BCUT2D eigenvalue weighted by molar-refractivity contribution is 5.69. The van der Waals surface area contributed by atoms with Crippen molar-refractivity contribution in [2.24, 2.45) is 5.92 Å². The summed E-state index contributed by atoms with van der Waals surface area (Å²) < 4.78 is 4.96. The molecule has 0 saturated heterocycles. The van der Waals surface area contributed by atoms with E-state index in [0.29, 0.717) is 18.9 Å². The van der Waals surface area contributed by atoms with E-state index < -0.39 is 0 Å². The van der Waals surface area contributed by atoms with Crippen molar-refractivity contribution in [1.82, 2.24) is 0 Å². The molecule has 2 heteroatoms. The molecule has 0 fully saturated rings. The van der Waals surface area contributed by atoms with Crippen LogP contribution in [0.15, 0.2) is 11.6 Å². The normalized spacial score (nSPS) is 13.5. The standard InChI is InChI=1S/C15H28O2/c1-5-8-9-10-14(6-2)11-13(4)12-15(16)17-7-3/h11,13H,5-10,12H2,1-4H3/b14-11+. The van der Waals surface area contributed by atoms with Crippen molar-refractivity contribution < 1.29 is 9.53 Å². The lowest BCUT2D eigenvalue weighted by molar-refractivity contribution is -0.143. The van der Waals surface area contributed by atoms with Gasteiger partial charge >= 0.3 is 5.97 Å². The number of rotatable bonds is 9. The van der Waals surface area contributed by atoms with Gasteiger partial charge in [0.1, 0.15) is 0 Å². The monoisotopic (exact) mass is 240 g/mol. The summed E-state index contributed by atoms with van der Waals surface area (Å²) in [6, 6.07) is 0. The molecule has 100 valence electrons. The van der Waals surface area contributed by atoms with E-state index in [0.717, 1.165) is 6.42 Å². The van der Waals surface area contributed by atoms with E-state index in [4.69, 9.17) is 4.74 Å². The van der Waals surface area contributed by atoms with Gasteiger partial charge in [-0.2, -0.15) is 0 Å². The van der Waals surface area contributed by atoms with Crippen LogP contribution in [0.25, 0.3) is 0 Å². The van der Waals surface area contributed by atoms with E-state index in [1.807, 2.05) is 6.92 Å². The molecule has 2 nitrogen and oxygen atoms in total. The quantitative estimate of drug-likeness (QED) is 0.337. The molecule has 0 aromatic carbocycles. The number of carbonyl (C=O) groups excluding carboxylic acids is 1. The van der Waals surface area contributed by atoms with Crippen molar-refractivity contribution in [2.75, 3.05) is 6.61 Å². The van der Waals surface area contributed by atoms with Crippen LogP contribution < -0.4 is 0 Å². The Balaban J connectivity index is 4.06. The minimum absolute atomic E-state index is 0.0831. The summed E-state index contributed by atoms with van der Waals surface area (Å²) in [7, 11) is 0. The first kappa shape index (κ1) is 16.2. The Labute approximate surface area is 106 Å². The molecule has 0 aromatic heterocycles. The van der Waals surface area contributed by atoms with Crippen LogP contribution in [0.3, 0.4) is 0 Å². The van der Waals surface area contributed by atoms with Crippen molar-refractivity contribution in [2.45, 2.75) is 66.2 Å². The van der Waals surface area contributed by atoms with Crippen molar-refractivity contribution >= 4 is 5.97 Å². The lowest BCUT2D eigenvalue weighted by Gasteiger charge is -2.10. The first-order chi connectivity index (χ1) is 8.13. The zero-order valence-corrected chi connectivity index (χ0v) is 11.9. The highest BCUT2D eigenvalue weighted by atomic mass is 16.5. The van der Waals surface area contributed by atoms with Crippen molar-refractivity contribution in [3.05, 3.63) is 11.6 Å². The maximum Gasteiger partial charge on any atom is 0.306 e. The summed E-state index contributed by atoms with van der Waals surface area (Å²) in [5, 5.41) is 0. The van der Waals surface area contributed by atoms with E-state index in [1.165, 1.54) is 31.3 Å². The number of carbonyl (C=O) groups is 1. The smallest absolute Gasteiger partial charge is 0.306 e. The Bertz CT molecular complexity index is 231. The molecule has 0 radical (unpaired) electrons. The first-order valence-electron chi connectivity index (χ1n) is 6.99. The minimum Gasteiger partial charge on any atom is -0.466 e. The van der Waals surface area contributed by atoms with Gasteiger partial charge in [0.25, 0.3) is 0 Å². The van der Waals surface area contributed by atoms with Gasteiger partial charge in [-0.25, -0.2) is 0 Å². The highest BCUT2D eigenvalue weighted by Gasteiger charge is 2.08. The van der Waals surface area contributed by atoms with E-state index in [1.54, 1.807) is 0 Å². The Hall–Kier alpha value is -0.790. The Kier molecular flexibility index (Phi) is 9.89. The fourth-order valence-corrected chi connectivity index (χ4v) is 1.92. The second-order valence-corrected chi connectivity index (χ2v) is 4.62. The molecule has 0 aliphatic heterocycles. The average Bonchev–Trinajstić information content (AvgIpc) is 2.28. The summed E-state index contributed by atoms with van der Waals surface area (Å²) in [4.78, 5) is 11.3. The third-order valence-corrected chi connectivity index (χ3v) is 2.87. The molecule has 1 unspecified atom stereocenters. The summed E-state index contributed by atoms with van der Waals surface area (Å²) >= 11 is 0. The second kappa shape index (κ2) is 10.4. The molecule has 0 aliphatic carbocycles. The largest absolute Gasteiger partial charge is 0.466 e. The molecule has 1 atom stereocenters. The lowest BCUT2D eigenvalue weighted by Crippen LogP contribution is -2.08. The molecule has 0 bridgehead atoms. The zero-order chi connectivity index (χ0) is 13.1. The Morgan fingerprint density at radius 3 is 2.47 bits per heavy atom. The number of ether oxygens (including phenoxy) is 1. The van der Waals surface area contributed by atoms with E-state index in [2.05, 4.69) is 26.8 Å². The van der Waals surface area contributed by atoms with Crippen LogP contribution >= 0.6 is 0 Å². The summed E-state index contributed by atoms with van der Waals surface area (Å²) in [6.07, 6.45) is 8.85. The zero-order valence-electron chi connectivity index (χ0n) is 11.9. The predicted molar refractivity (Wildman–Crippen MR) is 72.9 cm³/mol. The molecule has 0 rings (SSSR count). The van der Waals surface area contributed by atoms with E-state index >= 15 is 0 Å². The second-order valence-electron chi connectivity index (χ2n) is 4.62. The summed E-state index contributed by atoms with van der Waals surface area (Å²) in [6.45, 7) is 8.83. The van der Waals surface area contributed by atoms with Crippen LogP contribution in [0.4, 0.5) is 0 Å². The van der Waals surface area contributed by atoms with Crippen LogP contribution in [0.5, 0.6) is 0 Å². The van der Waals surface area contributed by atoms with Crippen molar-refractivity contribution in [3.8, 4) is 0 Å². The number of allylic oxidation sites excluding steroid dienone is 2. The van der Waals surface area contributed by atoms with Crippen LogP contribution in [0, 0.1) is 5.92 Å². The van der Waals surface area contributed by atoms with Gasteiger partial charge < -0.3 is 4.74 Å². The van der Waals surface area contributed by atoms with Crippen LogP contribution in [0.1, 0.15) is 66.2 Å². The maximum atomic E-state index is 11.3. The van der Waals surface area contributed by atoms with Gasteiger partial charge in [-0.3, -0.25) is 4.79 Å². The topological polar surface area (TPSA) is 26.3 Å². The molecule has 0 N–H and O–H groups in total. The van der Waals surface area contributed by atoms with Crippen molar-refractivity contribution in [1.29, 1.82) is 0 Å². The molecule has 0 aliphatic rings. The highest BCUT2D eigenvalue weighted by Crippen LogP contribution is 2.17. The third-order valence-electron chi connectivity index (χ3n) is 2.87. The fourth-order valence-electron chi connectivity index (χ4n) is 1.92. The van der Waals surface area contributed by atoms with Gasteiger partial charge in [0.15, 0.2) is 0 Å². The number of unbranched alkanes of at least 4 members (excludes halogenated alkanes) is 2. The molecule has 0 spiro atoms. The minimum atomic E-state index is -0.0831. The number of hydrogen-bond donors (Lipinski definition) is 0. The van der Waals surface area contributed by atoms with E-state index in [-0.39, 0.29) is 5.97 Å². The Morgan fingerprint density at radius 2 is 1.94 bits per heavy atom. The van der Waals surface area contributed by atoms with Gasteiger partial charge in [-0.1, -0.05) is 45.3 Å². The average molecular weight is 240 g/mol. The number of esters is 1. The number of hydrogen-bond acceptors (Lipinski definition) is 2. The molecular formula is C15H28O2. The van der Waals surface area contributed by atoms with Gasteiger partial charge in [0.2, 0.25) is 0 Å². The van der Waals surface area contributed by atoms with Gasteiger partial charge in [-0.05, 0) is 32.1 Å². The van der Waals surface area contributed by atoms with Gasteiger partial charge in [0.05, 0.1) is 13.0 Å². The van der Waals surface area contributed by atoms with Gasteiger partial charge in [-0.15, -0.1) is 0 Å². The van der Waals surface area contributed by atoms with Gasteiger partial charge in [0, 0.05) is 0 Å². The SMILES string of the molecule is CCCCC/C(=C/C(C)CC(=O)OCC)CC. The van der Waals surface area contributed by atoms with Crippen LogP contribution in [-0.4, -0.2) is 12.6 Å². The van der Waals surface area contributed by atoms with Crippen molar-refractivity contribution in [3.63, 3.8) is 0 Å². The molecule has 0 aromatic rings. The predicted octanol–water partition coefficient (Wildman–Crippen LogP) is 4.49. The van der Waals surface area contributed by atoms with Crippen LogP contribution in [-0.2, 0) is 9.53 Å². The lowest BCUT2D eigenvalue weighted by atomic mass is 9.98. The molecule has 0 saturated carbocycles. The summed E-state index contributed by atoms with van der Waals surface area (Å²) in [5.41, 5.74) is 1.48. The maximum absolute atomic E-state index is 11.3. The Morgan fingerprint density at radius 1 is 1.24 bits per heavy atom.